The minimum Gasteiger partial charge on any atom is -0.497 e. The van der Waals surface area contributed by atoms with Crippen LogP contribution in [0.2, 0.25) is 0 Å². The number of hydrogen-bond acceptors (Lipinski definition) is 7. The van der Waals surface area contributed by atoms with Gasteiger partial charge in [0.05, 0.1) is 27.9 Å². The molecule has 3 rings (SSSR count). The Labute approximate surface area is 145 Å². The number of ether oxygens (including phenoxy) is 3. The maximum atomic E-state index is 5.70. The summed E-state index contributed by atoms with van der Waals surface area (Å²) in [4.78, 5) is 0. The second kappa shape index (κ2) is 7.57. The zero-order valence-corrected chi connectivity index (χ0v) is 14.3. The van der Waals surface area contributed by atoms with Gasteiger partial charge in [-0.2, -0.15) is 0 Å². The fraction of sp³-hybridized carbons (Fsp3) is 0.222. The van der Waals surface area contributed by atoms with Crippen molar-refractivity contribution in [3.63, 3.8) is 0 Å². The third kappa shape index (κ3) is 3.82. The zero-order valence-electron chi connectivity index (χ0n) is 14.3. The van der Waals surface area contributed by atoms with Gasteiger partial charge in [0, 0.05) is 17.3 Å². The standard InChI is InChI=1S/C18H19N3O4/c1-22-14-6-4-5-12(9-14)18-21-20-17(25-18)11-19-13-7-8-15(23-2)16(10-13)24-3/h4-10,19H,11H2,1-3H3. The maximum Gasteiger partial charge on any atom is 0.247 e. The number of nitrogens with one attached hydrogen (secondary N) is 1. The van der Waals surface area contributed by atoms with E-state index in [-0.39, 0.29) is 0 Å². The Morgan fingerprint density at radius 3 is 2.52 bits per heavy atom. The summed E-state index contributed by atoms with van der Waals surface area (Å²) in [6, 6.07) is 13.0. The van der Waals surface area contributed by atoms with Crippen molar-refractivity contribution in [2.24, 2.45) is 0 Å². The minimum absolute atomic E-state index is 0.395. The molecule has 1 aromatic heterocycles. The van der Waals surface area contributed by atoms with E-state index in [9.17, 15) is 0 Å². The summed E-state index contributed by atoms with van der Waals surface area (Å²) in [7, 11) is 4.81. The first-order chi connectivity index (χ1) is 12.2. The molecule has 0 unspecified atom stereocenters. The summed E-state index contributed by atoms with van der Waals surface area (Å²) in [5.74, 6) is 2.98. The predicted octanol–water partition coefficient (Wildman–Crippen LogP) is 3.37. The fourth-order valence-corrected chi connectivity index (χ4v) is 2.32. The van der Waals surface area contributed by atoms with Gasteiger partial charge in [0.2, 0.25) is 11.8 Å². The summed E-state index contributed by atoms with van der Waals surface area (Å²) in [6.45, 7) is 0.395. The van der Waals surface area contributed by atoms with Crippen LogP contribution >= 0.6 is 0 Å². The van der Waals surface area contributed by atoms with Crippen LogP contribution in [-0.4, -0.2) is 31.5 Å². The molecule has 0 bridgehead atoms. The number of benzene rings is 2. The maximum absolute atomic E-state index is 5.70. The van der Waals surface area contributed by atoms with Crippen LogP contribution in [0.4, 0.5) is 5.69 Å². The van der Waals surface area contributed by atoms with E-state index in [1.807, 2.05) is 42.5 Å². The molecule has 0 atom stereocenters. The second-order valence-corrected chi connectivity index (χ2v) is 5.16. The average molecular weight is 341 g/mol. The molecule has 2 aromatic carbocycles. The minimum atomic E-state index is 0.395. The Kier molecular flexibility index (Phi) is 5.03. The van der Waals surface area contributed by atoms with E-state index < -0.39 is 0 Å². The third-order valence-electron chi connectivity index (χ3n) is 3.61. The van der Waals surface area contributed by atoms with Crippen LogP contribution in [0.1, 0.15) is 5.89 Å². The van der Waals surface area contributed by atoms with E-state index >= 15 is 0 Å². The molecule has 3 aromatic rings. The summed E-state index contributed by atoms with van der Waals surface area (Å²) >= 11 is 0. The van der Waals surface area contributed by atoms with Gasteiger partial charge in [-0.05, 0) is 30.3 Å². The molecule has 0 saturated carbocycles. The van der Waals surface area contributed by atoms with Crippen LogP contribution in [0.15, 0.2) is 46.9 Å². The van der Waals surface area contributed by atoms with Gasteiger partial charge in [0.15, 0.2) is 11.5 Å². The first-order valence-corrected chi connectivity index (χ1v) is 7.66. The van der Waals surface area contributed by atoms with E-state index in [0.29, 0.717) is 29.8 Å². The lowest BCUT2D eigenvalue weighted by atomic mass is 10.2. The first kappa shape index (κ1) is 16.6. The van der Waals surface area contributed by atoms with Crippen LogP contribution in [0.5, 0.6) is 17.2 Å². The van der Waals surface area contributed by atoms with E-state index in [0.717, 1.165) is 17.0 Å². The molecule has 0 fully saturated rings. The van der Waals surface area contributed by atoms with Crippen LogP contribution in [0.25, 0.3) is 11.5 Å². The highest BCUT2D eigenvalue weighted by Gasteiger charge is 2.10. The van der Waals surface area contributed by atoms with Gasteiger partial charge >= 0.3 is 0 Å². The Balaban J connectivity index is 1.69. The van der Waals surface area contributed by atoms with Gasteiger partial charge in [-0.15, -0.1) is 10.2 Å². The molecular weight excluding hydrogens is 322 g/mol. The molecule has 0 spiro atoms. The van der Waals surface area contributed by atoms with Crippen molar-refractivity contribution >= 4 is 5.69 Å². The molecule has 1 heterocycles. The summed E-state index contributed by atoms with van der Waals surface area (Å²) in [5.41, 5.74) is 1.67. The Hall–Kier alpha value is -3.22. The number of rotatable bonds is 7. The lowest BCUT2D eigenvalue weighted by Crippen LogP contribution is -2.00. The molecular formula is C18H19N3O4. The third-order valence-corrected chi connectivity index (χ3v) is 3.61. The smallest absolute Gasteiger partial charge is 0.247 e. The van der Waals surface area contributed by atoms with Gasteiger partial charge in [0.25, 0.3) is 0 Å². The molecule has 7 nitrogen and oxygen atoms in total. The van der Waals surface area contributed by atoms with Crippen molar-refractivity contribution in [3.8, 4) is 28.7 Å². The van der Waals surface area contributed by atoms with E-state index in [1.165, 1.54) is 0 Å². The Bertz CT molecular complexity index is 848. The van der Waals surface area contributed by atoms with Crippen molar-refractivity contribution in [2.75, 3.05) is 26.6 Å². The quantitative estimate of drug-likeness (QED) is 0.706. The first-order valence-electron chi connectivity index (χ1n) is 7.66. The highest BCUT2D eigenvalue weighted by molar-refractivity contribution is 5.56. The zero-order chi connectivity index (χ0) is 17.6. The molecule has 25 heavy (non-hydrogen) atoms. The summed E-state index contributed by atoms with van der Waals surface area (Å²) in [6.07, 6.45) is 0. The van der Waals surface area contributed by atoms with Crippen molar-refractivity contribution in [3.05, 3.63) is 48.4 Å². The normalized spacial score (nSPS) is 10.4. The van der Waals surface area contributed by atoms with Crippen molar-refractivity contribution in [1.29, 1.82) is 0 Å². The largest absolute Gasteiger partial charge is 0.497 e. The molecule has 0 aliphatic rings. The van der Waals surface area contributed by atoms with Crippen LogP contribution < -0.4 is 19.5 Å². The number of methoxy groups -OCH3 is 3. The van der Waals surface area contributed by atoms with Gasteiger partial charge < -0.3 is 23.9 Å². The van der Waals surface area contributed by atoms with Crippen LogP contribution in [0, 0.1) is 0 Å². The van der Waals surface area contributed by atoms with Crippen LogP contribution in [0.3, 0.4) is 0 Å². The fourth-order valence-electron chi connectivity index (χ4n) is 2.32. The van der Waals surface area contributed by atoms with Gasteiger partial charge in [0.1, 0.15) is 5.75 Å². The number of hydrogen-bond donors (Lipinski definition) is 1. The molecule has 0 aliphatic heterocycles. The molecule has 130 valence electrons. The van der Waals surface area contributed by atoms with Crippen molar-refractivity contribution in [1.82, 2.24) is 10.2 Å². The number of anilines is 1. The van der Waals surface area contributed by atoms with E-state index in [2.05, 4.69) is 15.5 Å². The Morgan fingerprint density at radius 2 is 1.76 bits per heavy atom. The summed E-state index contributed by atoms with van der Waals surface area (Å²) < 4.78 is 21.4. The average Bonchev–Trinajstić information content (AvgIpc) is 3.15. The van der Waals surface area contributed by atoms with Crippen LogP contribution in [-0.2, 0) is 6.54 Å². The molecule has 0 saturated heterocycles. The van der Waals surface area contributed by atoms with E-state index in [1.54, 1.807) is 21.3 Å². The molecule has 0 aliphatic carbocycles. The molecule has 1 N–H and O–H groups in total. The lowest BCUT2D eigenvalue weighted by Gasteiger charge is -2.10. The topological polar surface area (TPSA) is 78.6 Å². The van der Waals surface area contributed by atoms with Gasteiger partial charge in [-0.3, -0.25) is 0 Å². The number of nitrogens with zero attached hydrogens (tertiary/aromatic N) is 2. The second-order valence-electron chi connectivity index (χ2n) is 5.16. The van der Waals surface area contributed by atoms with Gasteiger partial charge in [-0.25, -0.2) is 0 Å². The molecule has 0 amide bonds. The van der Waals surface area contributed by atoms with Gasteiger partial charge in [-0.1, -0.05) is 6.07 Å². The Morgan fingerprint density at radius 1 is 0.920 bits per heavy atom. The van der Waals surface area contributed by atoms with Crippen molar-refractivity contribution < 1.29 is 18.6 Å². The lowest BCUT2D eigenvalue weighted by molar-refractivity contribution is 0.355. The highest BCUT2D eigenvalue weighted by Crippen LogP contribution is 2.30. The van der Waals surface area contributed by atoms with E-state index in [4.69, 9.17) is 18.6 Å². The van der Waals surface area contributed by atoms with Crippen molar-refractivity contribution in [2.45, 2.75) is 6.54 Å². The summed E-state index contributed by atoms with van der Waals surface area (Å²) in [5, 5.41) is 11.4. The predicted molar refractivity (Wildman–Crippen MR) is 93.2 cm³/mol. The highest BCUT2D eigenvalue weighted by atomic mass is 16.5. The SMILES string of the molecule is COc1cccc(-c2nnc(CNc3ccc(OC)c(OC)c3)o2)c1. The number of aromatic nitrogens is 2. The monoisotopic (exact) mass is 341 g/mol. The molecule has 7 heteroatoms. The molecule has 0 radical (unpaired) electrons.